The highest BCUT2D eigenvalue weighted by molar-refractivity contribution is 5.66. The van der Waals surface area contributed by atoms with Crippen molar-refractivity contribution in [1.29, 1.82) is 0 Å². The van der Waals surface area contributed by atoms with Crippen molar-refractivity contribution in [2.24, 2.45) is 11.7 Å². The van der Waals surface area contributed by atoms with Crippen LogP contribution < -0.4 is 11.1 Å². The molecule has 0 aromatic heterocycles. The molecule has 1 rings (SSSR count). The number of aliphatic carboxylic acids is 1. The molecule has 1 aliphatic rings. The molecule has 0 bridgehead atoms. The highest BCUT2D eigenvalue weighted by atomic mass is 16.4. The fraction of sp³-hybridized carbons (Fsp3) is 0.923. The van der Waals surface area contributed by atoms with Crippen LogP contribution in [0.25, 0.3) is 0 Å². The van der Waals surface area contributed by atoms with Crippen LogP contribution in [0, 0.1) is 5.92 Å². The maximum atomic E-state index is 9.99. The summed E-state index contributed by atoms with van der Waals surface area (Å²) in [4.78, 5) is 9.99. The number of carboxylic acids is 1. The third kappa shape index (κ3) is 11.8. The van der Waals surface area contributed by atoms with Crippen molar-refractivity contribution in [2.75, 3.05) is 19.7 Å². The fourth-order valence-corrected chi connectivity index (χ4v) is 1.78. The van der Waals surface area contributed by atoms with Gasteiger partial charge in [-0.25, -0.2) is 0 Å². The van der Waals surface area contributed by atoms with Crippen molar-refractivity contribution in [3.05, 3.63) is 0 Å². The number of hydrogen-bond donors (Lipinski definition) is 4. The zero-order valence-corrected chi connectivity index (χ0v) is 11.6. The molecular weight excluding hydrogens is 232 g/mol. The van der Waals surface area contributed by atoms with E-state index < -0.39 is 5.97 Å². The first kappa shape index (κ1) is 17.4. The number of aliphatic hydroxyl groups is 1. The van der Waals surface area contributed by atoms with Crippen molar-refractivity contribution < 1.29 is 15.0 Å². The van der Waals surface area contributed by atoms with Gasteiger partial charge in [-0.05, 0) is 58.5 Å². The number of nitrogens with one attached hydrogen (secondary N) is 1. The molecule has 1 heterocycles. The summed E-state index contributed by atoms with van der Waals surface area (Å²) in [5.74, 6) is 0.00442. The van der Waals surface area contributed by atoms with Crippen LogP contribution in [0.3, 0.4) is 0 Å². The Morgan fingerprint density at radius 2 is 1.94 bits per heavy atom. The van der Waals surface area contributed by atoms with Crippen molar-refractivity contribution in [2.45, 2.75) is 51.5 Å². The molecule has 5 nitrogen and oxygen atoms in total. The minimum atomic E-state index is -0.784. The minimum Gasteiger partial charge on any atom is -0.481 e. The van der Waals surface area contributed by atoms with E-state index in [0.717, 1.165) is 25.4 Å². The lowest BCUT2D eigenvalue weighted by Gasteiger charge is -2.21. The Hall–Kier alpha value is -0.650. The van der Waals surface area contributed by atoms with Gasteiger partial charge in [0.2, 0.25) is 0 Å². The van der Waals surface area contributed by atoms with Gasteiger partial charge < -0.3 is 21.3 Å². The molecule has 1 fully saturated rings. The van der Waals surface area contributed by atoms with Crippen molar-refractivity contribution in [1.82, 2.24) is 5.32 Å². The van der Waals surface area contributed by atoms with Gasteiger partial charge in [0.15, 0.2) is 0 Å². The number of carbonyl (C=O) groups is 1. The van der Waals surface area contributed by atoms with Crippen LogP contribution in [-0.4, -0.2) is 41.4 Å². The van der Waals surface area contributed by atoms with Crippen LogP contribution in [-0.2, 0) is 4.79 Å². The second-order valence-corrected chi connectivity index (χ2v) is 5.59. The first-order chi connectivity index (χ1) is 8.35. The summed E-state index contributed by atoms with van der Waals surface area (Å²) in [5, 5.41) is 20.1. The normalized spacial score (nSPS) is 16.9. The molecule has 0 atom stereocenters. The number of hydrogen-bond acceptors (Lipinski definition) is 4. The number of rotatable bonds is 5. The van der Waals surface area contributed by atoms with Gasteiger partial charge in [-0.2, -0.15) is 0 Å². The molecule has 0 radical (unpaired) electrons. The van der Waals surface area contributed by atoms with E-state index in [1.54, 1.807) is 0 Å². The van der Waals surface area contributed by atoms with E-state index in [4.69, 9.17) is 15.9 Å². The zero-order chi connectivity index (χ0) is 14.0. The van der Waals surface area contributed by atoms with E-state index >= 15 is 0 Å². The maximum absolute atomic E-state index is 9.99. The Labute approximate surface area is 110 Å². The van der Waals surface area contributed by atoms with Crippen LogP contribution in [0.1, 0.15) is 46.0 Å². The van der Waals surface area contributed by atoms with Crippen molar-refractivity contribution in [3.63, 3.8) is 0 Å². The topological polar surface area (TPSA) is 95.6 Å². The predicted molar refractivity (Wildman–Crippen MR) is 72.4 cm³/mol. The predicted octanol–water partition coefficient (Wildman–Crippen LogP) is 0.957. The van der Waals surface area contributed by atoms with Crippen LogP contribution in [0.5, 0.6) is 0 Å². The zero-order valence-electron chi connectivity index (χ0n) is 11.6. The number of carboxylic acid groups (broad SMARTS) is 1. The summed E-state index contributed by atoms with van der Waals surface area (Å²) in [7, 11) is 0. The summed E-state index contributed by atoms with van der Waals surface area (Å²) in [6.07, 6.45) is 4.19. The standard InChI is InChI=1S/C7H15NO.C6H13NO2/c9-6-3-7-1-4-8-5-2-7;1-6(2,7)4-3-5(8)9/h7-9H,1-6H2;3-4,7H2,1-2H3,(H,8,9). The van der Waals surface area contributed by atoms with Gasteiger partial charge in [-0.3, -0.25) is 4.79 Å². The highest BCUT2D eigenvalue weighted by Gasteiger charge is 2.12. The third-order valence-electron chi connectivity index (χ3n) is 2.98. The molecule has 0 amide bonds. The van der Waals surface area contributed by atoms with E-state index in [-0.39, 0.29) is 12.0 Å². The van der Waals surface area contributed by atoms with Gasteiger partial charge in [-0.1, -0.05) is 0 Å². The molecule has 0 saturated carbocycles. The first-order valence-electron chi connectivity index (χ1n) is 6.67. The van der Waals surface area contributed by atoms with Gasteiger partial charge in [-0.15, -0.1) is 0 Å². The third-order valence-corrected chi connectivity index (χ3v) is 2.98. The molecular formula is C13H28N2O3. The first-order valence-corrected chi connectivity index (χ1v) is 6.67. The van der Waals surface area contributed by atoms with Gasteiger partial charge in [0.25, 0.3) is 0 Å². The average Bonchev–Trinajstić information content (AvgIpc) is 2.28. The van der Waals surface area contributed by atoms with Crippen LogP contribution in [0.15, 0.2) is 0 Å². The molecule has 5 N–H and O–H groups in total. The van der Waals surface area contributed by atoms with Crippen LogP contribution in [0.4, 0.5) is 0 Å². The lowest BCUT2D eigenvalue weighted by atomic mass is 9.95. The minimum absolute atomic E-state index is 0.156. The van der Waals surface area contributed by atoms with Crippen molar-refractivity contribution >= 4 is 5.97 Å². The summed E-state index contributed by atoms with van der Waals surface area (Å²) < 4.78 is 0. The smallest absolute Gasteiger partial charge is 0.303 e. The van der Waals surface area contributed by atoms with Gasteiger partial charge in [0.05, 0.1) is 0 Å². The molecule has 0 unspecified atom stereocenters. The van der Waals surface area contributed by atoms with Crippen LogP contribution in [0.2, 0.25) is 0 Å². The Balaban J connectivity index is 0.000000321. The molecule has 0 aromatic rings. The average molecular weight is 260 g/mol. The maximum Gasteiger partial charge on any atom is 0.303 e. The van der Waals surface area contributed by atoms with Crippen molar-refractivity contribution in [3.8, 4) is 0 Å². The lowest BCUT2D eigenvalue weighted by Crippen LogP contribution is -2.32. The van der Waals surface area contributed by atoms with Gasteiger partial charge in [0.1, 0.15) is 0 Å². The Morgan fingerprint density at radius 3 is 2.28 bits per heavy atom. The monoisotopic (exact) mass is 260 g/mol. The van der Waals surface area contributed by atoms with Gasteiger partial charge in [0, 0.05) is 18.6 Å². The Kier molecular flexibility index (Phi) is 8.97. The number of aliphatic hydroxyl groups excluding tert-OH is 1. The summed E-state index contributed by atoms with van der Waals surface area (Å²) in [6, 6.07) is 0. The lowest BCUT2D eigenvalue weighted by molar-refractivity contribution is -0.137. The Morgan fingerprint density at radius 1 is 1.39 bits per heavy atom. The molecule has 5 heteroatoms. The quantitative estimate of drug-likeness (QED) is 0.590. The Bertz CT molecular complexity index is 218. The van der Waals surface area contributed by atoms with E-state index in [1.807, 2.05) is 13.8 Å². The van der Waals surface area contributed by atoms with E-state index in [2.05, 4.69) is 5.32 Å². The molecule has 0 aromatic carbocycles. The number of nitrogens with two attached hydrogens (primary N) is 1. The second kappa shape index (κ2) is 9.30. The molecule has 1 aliphatic heterocycles. The van der Waals surface area contributed by atoms with Gasteiger partial charge >= 0.3 is 5.97 Å². The summed E-state index contributed by atoms with van der Waals surface area (Å²) >= 11 is 0. The molecule has 1 saturated heterocycles. The van der Waals surface area contributed by atoms with Crippen LogP contribution >= 0.6 is 0 Å². The largest absolute Gasteiger partial charge is 0.481 e. The van der Waals surface area contributed by atoms with E-state index in [1.165, 1.54) is 12.8 Å². The number of piperidine rings is 1. The molecule has 0 aliphatic carbocycles. The van der Waals surface area contributed by atoms with E-state index in [0.29, 0.717) is 13.0 Å². The highest BCUT2D eigenvalue weighted by Crippen LogP contribution is 2.14. The van der Waals surface area contributed by atoms with E-state index in [9.17, 15) is 4.79 Å². The molecule has 18 heavy (non-hydrogen) atoms. The molecule has 0 spiro atoms. The second-order valence-electron chi connectivity index (χ2n) is 5.59. The fourth-order valence-electron chi connectivity index (χ4n) is 1.78. The summed E-state index contributed by atoms with van der Waals surface area (Å²) in [5.41, 5.74) is 5.17. The SMILES string of the molecule is CC(C)(N)CCC(=O)O.OCCC1CCNCC1. The summed E-state index contributed by atoms with van der Waals surface area (Å²) in [6.45, 7) is 6.28. The molecule has 108 valence electrons.